The highest BCUT2D eigenvalue weighted by atomic mass is 32.2. The number of hydrazine groups is 1. The van der Waals surface area contributed by atoms with Gasteiger partial charge in [0.25, 0.3) is 10.0 Å². The molecule has 8 heteroatoms. The average molecular weight is 278 g/mol. The zero-order valence-corrected chi connectivity index (χ0v) is 11.6. The van der Waals surface area contributed by atoms with Crippen LogP contribution in [0.25, 0.3) is 0 Å². The van der Waals surface area contributed by atoms with E-state index in [0.717, 1.165) is 11.3 Å². The van der Waals surface area contributed by atoms with Crippen molar-refractivity contribution in [3.05, 3.63) is 15.8 Å². The molecule has 0 unspecified atom stereocenters. The van der Waals surface area contributed by atoms with Crippen molar-refractivity contribution in [3.8, 4) is 0 Å². The molecule has 96 valence electrons. The van der Waals surface area contributed by atoms with Gasteiger partial charge in [-0.05, 0) is 17.9 Å². The van der Waals surface area contributed by atoms with Gasteiger partial charge in [0, 0.05) is 14.1 Å². The van der Waals surface area contributed by atoms with E-state index in [4.69, 9.17) is 0 Å². The van der Waals surface area contributed by atoms with Crippen molar-refractivity contribution in [2.45, 2.75) is 11.8 Å². The molecule has 0 amide bonds. The molecule has 1 heterocycles. The van der Waals surface area contributed by atoms with Crippen molar-refractivity contribution in [1.82, 2.24) is 9.84 Å². The van der Waals surface area contributed by atoms with Gasteiger partial charge in [-0.25, -0.2) is 18.2 Å². The van der Waals surface area contributed by atoms with Gasteiger partial charge in [0.2, 0.25) is 0 Å². The highest BCUT2D eigenvalue weighted by molar-refractivity contribution is 7.89. The SMILES string of the molecule is COC(=O)c1scc(C)c1S(=O)(=O)NN(C)C. The summed E-state index contributed by atoms with van der Waals surface area (Å²) in [4.78, 5) is 13.8. The number of nitrogens with one attached hydrogen (secondary N) is 1. The van der Waals surface area contributed by atoms with Crippen molar-refractivity contribution in [3.63, 3.8) is 0 Å². The Morgan fingerprint density at radius 3 is 2.53 bits per heavy atom. The fraction of sp³-hybridized carbons (Fsp3) is 0.444. The number of aryl methyl sites for hydroxylation is 1. The number of esters is 1. The summed E-state index contributed by atoms with van der Waals surface area (Å²) in [7, 11) is 0.574. The summed E-state index contributed by atoms with van der Waals surface area (Å²) in [5.74, 6) is -0.651. The minimum Gasteiger partial charge on any atom is -0.465 e. The van der Waals surface area contributed by atoms with Crippen LogP contribution in [0.4, 0.5) is 0 Å². The first-order chi connectivity index (χ1) is 7.79. The van der Waals surface area contributed by atoms with Gasteiger partial charge < -0.3 is 4.74 Å². The molecule has 0 radical (unpaired) electrons. The molecule has 0 aliphatic rings. The zero-order valence-electron chi connectivity index (χ0n) is 9.97. The van der Waals surface area contributed by atoms with Crippen LogP contribution in [0.5, 0.6) is 0 Å². The fourth-order valence-electron chi connectivity index (χ4n) is 1.29. The Kier molecular flexibility index (Phi) is 4.26. The van der Waals surface area contributed by atoms with Crippen LogP contribution in [0.3, 0.4) is 0 Å². The maximum absolute atomic E-state index is 12.0. The number of sulfonamides is 1. The molecule has 0 atom stereocenters. The van der Waals surface area contributed by atoms with Crippen molar-refractivity contribution in [2.75, 3.05) is 21.2 Å². The zero-order chi connectivity index (χ0) is 13.2. The quantitative estimate of drug-likeness (QED) is 0.644. The molecule has 1 rings (SSSR count). The second-order valence-electron chi connectivity index (χ2n) is 3.56. The molecule has 0 aromatic carbocycles. The van der Waals surface area contributed by atoms with Crippen LogP contribution in [0, 0.1) is 6.92 Å². The number of thiophene rings is 1. The second kappa shape index (κ2) is 5.13. The normalized spacial score (nSPS) is 11.8. The summed E-state index contributed by atoms with van der Waals surface area (Å²) >= 11 is 1.05. The first-order valence-electron chi connectivity index (χ1n) is 4.65. The monoisotopic (exact) mass is 278 g/mol. The van der Waals surface area contributed by atoms with Gasteiger partial charge in [0.05, 0.1) is 7.11 Å². The first kappa shape index (κ1) is 14.1. The van der Waals surface area contributed by atoms with Crippen molar-refractivity contribution in [2.24, 2.45) is 0 Å². The molecule has 17 heavy (non-hydrogen) atoms. The summed E-state index contributed by atoms with van der Waals surface area (Å²) in [5, 5.41) is 2.91. The average Bonchev–Trinajstić information content (AvgIpc) is 2.57. The van der Waals surface area contributed by atoms with E-state index in [1.54, 1.807) is 26.4 Å². The number of nitrogens with zero attached hydrogens (tertiary/aromatic N) is 1. The molecular formula is C9H14N2O4S2. The molecule has 1 aromatic rings. The van der Waals surface area contributed by atoms with Crippen LogP contribution in [0.15, 0.2) is 10.3 Å². The summed E-state index contributed by atoms with van der Waals surface area (Å²) < 4.78 is 28.6. The standard InChI is InChI=1S/C9H14N2O4S2/c1-6-5-16-7(9(12)15-4)8(6)17(13,14)10-11(2)3/h5,10H,1-4H3. The maximum Gasteiger partial charge on any atom is 0.349 e. The highest BCUT2D eigenvalue weighted by Gasteiger charge is 2.27. The Morgan fingerprint density at radius 1 is 1.47 bits per heavy atom. The van der Waals surface area contributed by atoms with Crippen LogP contribution >= 0.6 is 11.3 Å². The highest BCUT2D eigenvalue weighted by Crippen LogP contribution is 2.27. The predicted octanol–water partition coefficient (Wildman–Crippen LogP) is 0.598. The van der Waals surface area contributed by atoms with Gasteiger partial charge in [0.1, 0.15) is 9.77 Å². The molecule has 0 fully saturated rings. The lowest BCUT2D eigenvalue weighted by Gasteiger charge is -2.13. The molecule has 1 aromatic heterocycles. The third-order valence-corrected chi connectivity index (χ3v) is 4.74. The Bertz CT molecular complexity index is 519. The van der Waals surface area contributed by atoms with Crippen LogP contribution in [-0.2, 0) is 14.8 Å². The lowest BCUT2D eigenvalue weighted by Crippen LogP contribution is -2.36. The molecule has 0 aliphatic heterocycles. The van der Waals surface area contributed by atoms with Crippen LogP contribution in [-0.4, -0.2) is 40.6 Å². The number of hydrogen-bond acceptors (Lipinski definition) is 6. The number of ether oxygens (including phenoxy) is 1. The lowest BCUT2D eigenvalue weighted by molar-refractivity contribution is 0.0602. The Balaban J connectivity index is 3.30. The number of hydrogen-bond donors (Lipinski definition) is 1. The van der Waals surface area contributed by atoms with Gasteiger partial charge >= 0.3 is 5.97 Å². The van der Waals surface area contributed by atoms with E-state index >= 15 is 0 Å². The van der Waals surface area contributed by atoms with E-state index in [1.165, 1.54) is 12.1 Å². The lowest BCUT2D eigenvalue weighted by atomic mass is 10.3. The number of carbonyl (C=O) groups is 1. The smallest absolute Gasteiger partial charge is 0.349 e. The second-order valence-corrected chi connectivity index (χ2v) is 6.04. The van der Waals surface area contributed by atoms with E-state index in [0.29, 0.717) is 5.56 Å². The Morgan fingerprint density at radius 2 is 2.06 bits per heavy atom. The van der Waals surface area contributed by atoms with Gasteiger partial charge in [0.15, 0.2) is 0 Å². The van der Waals surface area contributed by atoms with Gasteiger partial charge in [-0.2, -0.15) is 0 Å². The van der Waals surface area contributed by atoms with E-state index in [1.807, 2.05) is 0 Å². The number of carbonyl (C=O) groups excluding carboxylic acids is 1. The Labute approximate surface area is 104 Å². The van der Waals surface area contributed by atoms with Crippen molar-refractivity contribution < 1.29 is 17.9 Å². The van der Waals surface area contributed by atoms with Crippen molar-refractivity contribution >= 4 is 27.3 Å². The molecule has 0 bridgehead atoms. The molecule has 1 N–H and O–H groups in total. The van der Waals surface area contributed by atoms with Crippen LogP contribution < -0.4 is 4.83 Å². The summed E-state index contributed by atoms with van der Waals surface area (Å²) in [6, 6.07) is 0. The minimum atomic E-state index is -3.75. The summed E-state index contributed by atoms with van der Waals surface area (Å²) in [6.07, 6.45) is 0. The summed E-state index contributed by atoms with van der Waals surface area (Å²) in [5.41, 5.74) is 0.518. The summed E-state index contributed by atoms with van der Waals surface area (Å²) in [6.45, 7) is 1.63. The maximum atomic E-state index is 12.0. The molecule has 0 aliphatic carbocycles. The molecule has 0 spiro atoms. The van der Waals surface area contributed by atoms with Crippen molar-refractivity contribution in [1.29, 1.82) is 0 Å². The third kappa shape index (κ3) is 3.03. The van der Waals surface area contributed by atoms with Gasteiger partial charge in [-0.15, -0.1) is 16.2 Å². The third-order valence-electron chi connectivity index (χ3n) is 1.86. The van der Waals surface area contributed by atoms with Gasteiger partial charge in [-0.3, -0.25) is 0 Å². The molecule has 0 saturated carbocycles. The van der Waals surface area contributed by atoms with E-state index in [9.17, 15) is 13.2 Å². The molecule has 0 saturated heterocycles. The van der Waals surface area contributed by atoms with Crippen LogP contribution in [0.1, 0.15) is 15.2 Å². The Hall–Kier alpha value is -0.960. The fourth-order valence-corrected chi connectivity index (χ4v) is 4.08. The predicted molar refractivity (Wildman–Crippen MR) is 64.4 cm³/mol. The largest absolute Gasteiger partial charge is 0.465 e. The number of methoxy groups -OCH3 is 1. The van der Waals surface area contributed by atoms with E-state index in [2.05, 4.69) is 9.57 Å². The number of rotatable bonds is 4. The van der Waals surface area contributed by atoms with E-state index in [-0.39, 0.29) is 9.77 Å². The molecule has 6 nitrogen and oxygen atoms in total. The van der Waals surface area contributed by atoms with Crippen LogP contribution in [0.2, 0.25) is 0 Å². The molecular weight excluding hydrogens is 264 g/mol. The van der Waals surface area contributed by atoms with E-state index < -0.39 is 16.0 Å². The minimum absolute atomic E-state index is 0.0250. The topological polar surface area (TPSA) is 75.7 Å². The van der Waals surface area contributed by atoms with Gasteiger partial charge in [-0.1, -0.05) is 0 Å². The first-order valence-corrected chi connectivity index (χ1v) is 7.02.